The van der Waals surface area contributed by atoms with Crippen molar-refractivity contribution in [1.29, 1.82) is 0 Å². The van der Waals surface area contributed by atoms with Gasteiger partial charge in [0.2, 0.25) is 0 Å². The van der Waals surface area contributed by atoms with E-state index >= 15 is 0 Å². The Morgan fingerprint density at radius 1 is 0.632 bits per heavy atom. The molecule has 1 aromatic carbocycles. The molecule has 0 bridgehead atoms. The number of hydrogen-bond acceptors (Lipinski definition) is 6. The van der Waals surface area contributed by atoms with E-state index < -0.39 is 17.1 Å². The second-order valence-electron chi connectivity index (χ2n) is 21.6. The number of methoxy groups -OCH3 is 1. The molecule has 9 heteroatoms. The third-order valence-electron chi connectivity index (χ3n) is 7.58. The van der Waals surface area contributed by atoms with Crippen LogP contribution in [0.3, 0.4) is 0 Å². The molecule has 0 atom stereocenters. The van der Waals surface area contributed by atoms with Gasteiger partial charge in [-0.05, 0) is 63.9 Å². The first-order chi connectivity index (χ1) is 25.8. The summed E-state index contributed by atoms with van der Waals surface area (Å²) in [6.07, 6.45) is 9.07. The van der Waals surface area contributed by atoms with Gasteiger partial charge in [0.05, 0.1) is 32.6 Å². The minimum Gasteiger partial charge on any atom is -0.380 e. The van der Waals surface area contributed by atoms with E-state index in [4.69, 9.17) is 4.74 Å². The monoisotopic (exact) mass is 798 g/mol. The van der Waals surface area contributed by atoms with Crippen LogP contribution < -0.4 is 17.1 Å². The molecule has 1 aliphatic rings. The Labute approximate surface area is 349 Å². The number of aromatic nitrogens is 3. The lowest BCUT2D eigenvalue weighted by molar-refractivity contribution is 0.185. The topological polar surface area (TPSA) is 90.8 Å². The van der Waals surface area contributed by atoms with Crippen LogP contribution >= 0.6 is 0 Å². The molecule has 0 radical (unpaired) electrons. The zero-order valence-corrected chi connectivity index (χ0v) is 40.1. The minimum atomic E-state index is -0.623. The molecule has 0 aliphatic carbocycles. The first-order valence-corrected chi connectivity index (χ1v) is 20.8. The first-order valence-electron chi connectivity index (χ1n) is 20.8. The molecule has 0 saturated carbocycles. The third-order valence-corrected chi connectivity index (χ3v) is 7.58. The molecule has 2 aromatic rings. The molecule has 0 saturated heterocycles. The van der Waals surface area contributed by atoms with E-state index in [0.717, 1.165) is 33.2 Å². The zero-order chi connectivity index (χ0) is 44.8. The second-order valence-corrected chi connectivity index (χ2v) is 21.6. The van der Waals surface area contributed by atoms with Crippen molar-refractivity contribution in [2.24, 2.45) is 26.7 Å². The van der Waals surface area contributed by atoms with Crippen LogP contribution in [0, 0.1) is 21.7 Å². The molecule has 9 nitrogen and oxygen atoms in total. The van der Waals surface area contributed by atoms with Gasteiger partial charge in [-0.2, -0.15) is 0 Å². The van der Waals surface area contributed by atoms with Crippen molar-refractivity contribution in [1.82, 2.24) is 18.6 Å². The van der Waals surface area contributed by atoms with E-state index in [2.05, 4.69) is 165 Å². The van der Waals surface area contributed by atoms with Crippen molar-refractivity contribution < 1.29 is 4.74 Å². The van der Waals surface area contributed by atoms with Gasteiger partial charge in [0, 0.05) is 26.7 Å². The average Bonchev–Trinajstić information content (AvgIpc) is 3.55. The maximum absolute atomic E-state index is 12.4. The molecule has 1 aromatic heterocycles. The van der Waals surface area contributed by atoms with Crippen LogP contribution in [0.25, 0.3) is 0 Å². The number of rotatable bonds is 12. The van der Waals surface area contributed by atoms with Crippen molar-refractivity contribution >= 4 is 6.34 Å². The maximum Gasteiger partial charge on any atom is 0.336 e. The Morgan fingerprint density at radius 2 is 1.02 bits per heavy atom. The lowest BCUT2D eigenvalue weighted by Crippen LogP contribution is -2.54. The van der Waals surface area contributed by atoms with Gasteiger partial charge in [0.25, 0.3) is 0 Å². The predicted molar refractivity (Wildman–Crippen MR) is 248 cm³/mol. The third kappa shape index (κ3) is 30.3. The van der Waals surface area contributed by atoms with Crippen LogP contribution in [0.5, 0.6) is 0 Å². The molecule has 2 heterocycles. The Balaban J connectivity index is 0. The molecule has 0 unspecified atom stereocenters. The molecule has 0 fully saturated rings. The molecule has 57 heavy (non-hydrogen) atoms. The molecular formula is C48H87N5O4. The lowest BCUT2D eigenvalue weighted by Gasteiger charge is -2.20. The Hall–Kier alpha value is -3.46. The minimum absolute atomic E-state index is 0.0777. The number of benzene rings is 1. The van der Waals surface area contributed by atoms with Crippen molar-refractivity contribution in [2.75, 3.05) is 26.7 Å². The number of aliphatic imine (C=N–C) groups is 1. The molecule has 328 valence electrons. The summed E-state index contributed by atoms with van der Waals surface area (Å²) in [5.41, 5.74) is 2.67. The fraction of sp³-hybridized carbons (Fsp3) is 0.708. The van der Waals surface area contributed by atoms with Gasteiger partial charge in [-0.1, -0.05) is 154 Å². The summed E-state index contributed by atoms with van der Waals surface area (Å²) in [6.45, 7) is 48.9. The summed E-state index contributed by atoms with van der Waals surface area (Å²) < 4.78 is 8.22. The number of hydrogen-bond donors (Lipinski definition) is 0. The maximum atomic E-state index is 12.4. The van der Waals surface area contributed by atoms with Crippen molar-refractivity contribution in [3.05, 3.63) is 92.2 Å². The predicted octanol–water partition coefficient (Wildman–Crippen LogP) is 10.8. The van der Waals surface area contributed by atoms with Gasteiger partial charge in [0.15, 0.2) is 0 Å². The summed E-state index contributed by atoms with van der Waals surface area (Å²) in [5.74, 6) is 0. The van der Waals surface area contributed by atoms with Gasteiger partial charge < -0.3 is 9.64 Å². The highest BCUT2D eigenvalue weighted by atomic mass is 16.5. The van der Waals surface area contributed by atoms with Gasteiger partial charge in [-0.3, -0.25) is 4.99 Å². The fourth-order valence-corrected chi connectivity index (χ4v) is 4.88. The lowest BCUT2D eigenvalue weighted by atomic mass is 9.87. The zero-order valence-electron chi connectivity index (χ0n) is 40.1. The van der Waals surface area contributed by atoms with Gasteiger partial charge in [-0.25, -0.2) is 28.1 Å². The Bertz CT molecular complexity index is 1550. The highest BCUT2D eigenvalue weighted by molar-refractivity contribution is 5.56. The van der Waals surface area contributed by atoms with Crippen LogP contribution in [-0.4, -0.2) is 51.7 Å². The molecular weight excluding hydrogens is 711 g/mol. The van der Waals surface area contributed by atoms with Crippen LogP contribution in [0.4, 0.5) is 0 Å². The van der Waals surface area contributed by atoms with Gasteiger partial charge >= 0.3 is 17.1 Å². The summed E-state index contributed by atoms with van der Waals surface area (Å²) in [7, 11) is 1.72. The van der Waals surface area contributed by atoms with Gasteiger partial charge in [-0.15, -0.1) is 13.2 Å². The van der Waals surface area contributed by atoms with Crippen LogP contribution in [-0.2, 0) is 36.4 Å². The van der Waals surface area contributed by atoms with Crippen molar-refractivity contribution in [3.63, 3.8) is 0 Å². The summed E-state index contributed by atoms with van der Waals surface area (Å²) >= 11 is 0. The average molecular weight is 798 g/mol. The number of allylic oxidation sites excluding steroid dienone is 2. The molecule has 1 aliphatic heterocycles. The molecule has 0 spiro atoms. The van der Waals surface area contributed by atoms with Crippen molar-refractivity contribution in [2.45, 2.75) is 175 Å². The van der Waals surface area contributed by atoms with Crippen LogP contribution in [0.1, 0.15) is 155 Å². The summed E-state index contributed by atoms with van der Waals surface area (Å²) in [5, 5.41) is 0. The van der Waals surface area contributed by atoms with E-state index in [0.29, 0.717) is 35.8 Å². The standard InChI is InChI=1S/C16H25N3O3.C12H18O.C10H20N2.2C5H12/c1-6-10-17-13(20)18(11-7-2)15(22)19(14(17)21)12-8-9-16(3,4)5;1-12(2,3)11-7-5-10(6-8-11)9-13-4;1-10(2,3)5-4-7-12-8-6-11-9-12;2*1-5(2,3)4/h6-7H,1-2,8-12H2,3-5H3;5-8H,9H2,1-4H3;9H,4-8H2,1-3H3;2*1-4H3. The van der Waals surface area contributed by atoms with Gasteiger partial charge in [0.1, 0.15) is 0 Å². The fourth-order valence-electron chi connectivity index (χ4n) is 4.88. The van der Waals surface area contributed by atoms with E-state index in [1.807, 2.05) is 6.34 Å². The van der Waals surface area contributed by atoms with E-state index in [1.165, 1.54) is 42.7 Å². The highest BCUT2D eigenvalue weighted by Crippen LogP contribution is 2.23. The largest absolute Gasteiger partial charge is 0.380 e. The van der Waals surface area contributed by atoms with E-state index in [1.54, 1.807) is 7.11 Å². The summed E-state index contributed by atoms with van der Waals surface area (Å²) in [4.78, 5) is 43.4. The van der Waals surface area contributed by atoms with Crippen molar-refractivity contribution in [3.8, 4) is 0 Å². The molecule has 0 N–H and O–H groups in total. The Morgan fingerprint density at radius 3 is 1.33 bits per heavy atom. The molecule has 0 amide bonds. The Kier molecular flexibility index (Phi) is 25.2. The second kappa shape index (κ2) is 25.8. The van der Waals surface area contributed by atoms with Crippen LogP contribution in [0.15, 0.2) is 69.0 Å². The SMILES string of the molecule is C=CCn1c(=O)n(CC=C)c(=O)n(CCCC(C)(C)C)c1=O.CC(C)(C)C.CC(C)(C)C.CC(C)(C)CCCN1C=NCC1.COCc1ccc(C(C)(C)C)cc1. The number of ether oxygens (including phenoxy) is 1. The smallest absolute Gasteiger partial charge is 0.336 e. The summed E-state index contributed by atoms with van der Waals surface area (Å²) in [6, 6.07) is 8.61. The normalized spacial score (nSPS) is 12.8. The molecule has 3 rings (SSSR count). The first kappa shape index (κ1) is 55.6. The number of nitrogens with zero attached hydrogens (tertiary/aromatic N) is 5. The quantitative estimate of drug-likeness (QED) is 0.200. The highest BCUT2D eigenvalue weighted by Gasteiger charge is 2.16. The van der Waals surface area contributed by atoms with E-state index in [9.17, 15) is 14.4 Å². The van der Waals surface area contributed by atoms with Crippen LogP contribution in [0.2, 0.25) is 0 Å². The van der Waals surface area contributed by atoms with E-state index in [-0.39, 0.29) is 23.9 Å².